The van der Waals surface area contributed by atoms with Gasteiger partial charge in [0.1, 0.15) is 0 Å². The molecule has 0 aliphatic carbocycles. The van der Waals surface area contributed by atoms with E-state index in [1.807, 2.05) is 19.2 Å². The fraction of sp³-hybridized carbons (Fsp3) is 0.400. The van der Waals surface area contributed by atoms with Crippen molar-refractivity contribution < 1.29 is 4.21 Å². The molecule has 0 amide bonds. The van der Waals surface area contributed by atoms with Gasteiger partial charge in [0.25, 0.3) is 0 Å². The highest BCUT2D eigenvalue weighted by molar-refractivity contribution is 7.85. The van der Waals surface area contributed by atoms with Crippen molar-refractivity contribution >= 4 is 22.4 Å². The largest absolute Gasteiger partial charge is 0.313 e. The molecule has 0 aromatic heterocycles. The van der Waals surface area contributed by atoms with Crippen LogP contribution >= 0.6 is 11.6 Å². The zero-order valence-electron chi connectivity index (χ0n) is 7.92. The van der Waals surface area contributed by atoms with Crippen LogP contribution in [-0.4, -0.2) is 17.0 Å². The summed E-state index contributed by atoms with van der Waals surface area (Å²) in [5.41, 5.74) is 1.09. The van der Waals surface area contributed by atoms with Gasteiger partial charge >= 0.3 is 0 Å². The molecule has 1 aliphatic rings. The highest BCUT2D eigenvalue weighted by Gasteiger charge is 2.25. The van der Waals surface area contributed by atoms with E-state index in [2.05, 4.69) is 5.32 Å². The first kappa shape index (κ1) is 10.1. The van der Waals surface area contributed by atoms with Gasteiger partial charge in [-0.2, -0.15) is 0 Å². The minimum absolute atomic E-state index is 0.293. The summed E-state index contributed by atoms with van der Waals surface area (Å²) in [5, 5.41) is 3.84. The predicted octanol–water partition coefficient (Wildman–Crippen LogP) is 2.11. The molecule has 2 nitrogen and oxygen atoms in total. The molecule has 2 unspecified atom stereocenters. The Morgan fingerprint density at radius 2 is 2.36 bits per heavy atom. The van der Waals surface area contributed by atoms with Crippen LogP contribution in [0.25, 0.3) is 0 Å². The molecule has 0 bridgehead atoms. The lowest BCUT2D eigenvalue weighted by Crippen LogP contribution is -2.25. The van der Waals surface area contributed by atoms with Crippen molar-refractivity contribution in [3.63, 3.8) is 0 Å². The lowest BCUT2D eigenvalue weighted by Gasteiger charge is -2.25. The molecule has 2 rings (SSSR count). The van der Waals surface area contributed by atoms with E-state index in [0.29, 0.717) is 16.8 Å². The van der Waals surface area contributed by atoms with Gasteiger partial charge in [-0.25, -0.2) is 0 Å². The molecule has 1 aliphatic heterocycles. The summed E-state index contributed by atoms with van der Waals surface area (Å²) < 4.78 is 11.8. The Labute approximate surface area is 91.1 Å². The monoisotopic (exact) mass is 229 g/mol. The van der Waals surface area contributed by atoms with E-state index < -0.39 is 10.8 Å². The fourth-order valence-electron chi connectivity index (χ4n) is 1.82. The summed E-state index contributed by atoms with van der Waals surface area (Å²) in [6, 6.07) is 6.01. The summed E-state index contributed by atoms with van der Waals surface area (Å²) >= 11 is 6.04. The van der Waals surface area contributed by atoms with Gasteiger partial charge in [-0.15, -0.1) is 0 Å². The Balaban J connectivity index is 2.56. The summed E-state index contributed by atoms with van der Waals surface area (Å²) in [4.78, 5) is 0.819. The van der Waals surface area contributed by atoms with E-state index in [0.717, 1.165) is 16.9 Å². The van der Waals surface area contributed by atoms with Crippen molar-refractivity contribution in [3.05, 3.63) is 28.8 Å². The molecule has 1 N–H and O–H groups in total. The highest BCUT2D eigenvalue weighted by Crippen LogP contribution is 2.34. The van der Waals surface area contributed by atoms with Crippen LogP contribution in [-0.2, 0) is 10.8 Å². The third kappa shape index (κ3) is 1.60. The molecular weight excluding hydrogens is 218 g/mol. The van der Waals surface area contributed by atoms with Crippen LogP contribution in [0.5, 0.6) is 0 Å². The Kier molecular flexibility index (Phi) is 2.91. The van der Waals surface area contributed by atoms with Crippen LogP contribution in [0.3, 0.4) is 0 Å². The van der Waals surface area contributed by atoms with E-state index in [1.165, 1.54) is 0 Å². The Morgan fingerprint density at radius 1 is 1.57 bits per heavy atom. The lowest BCUT2D eigenvalue weighted by molar-refractivity contribution is 0.554. The van der Waals surface area contributed by atoms with Crippen LogP contribution < -0.4 is 5.32 Å². The molecule has 4 heteroatoms. The molecule has 1 aromatic carbocycles. The number of benzene rings is 1. The summed E-state index contributed by atoms with van der Waals surface area (Å²) in [5.74, 6) is 0.697. The second-order valence-corrected chi connectivity index (χ2v) is 5.25. The van der Waals surface area contributed by atoms with Gasteiger partial charge in [0.2, 0.25) is 0 Å². The number of rotatable bonds is 1. The molecule has 1 heterocycles. The second kappa shape index (κ2) is 4.01. The van der Waals surface area contributed by atoms with Gasteiger partial charge in [0.15, 0.2) is 0 Å². The van der Waals surface area contributed by atoms with Gasteiger partial charge in [-0.3, -0.25) is 4.21 Å². The quantitative estimate of drug-likeness (QED) is 0.799. The molecule has 76 valence electrons. The lowest BCUT2D eigenvalue weighted by atomic mass is 10.0. The smallest absolute Gasteiger partial charge is 0.0622 e. The molecule has 2 atom stereocenters. The number of hydrogen-bond acceptors (Lipinski definition) is 2. The normalized spacial score (nSPS) is 25.9. The Morgan fingerprint density at radius 3 is 3.07 bits per heavy atom. The van der Waals surface area contributed by atoms with Crippen LogP contribution in [0.2, 0.25) is 5.02 Å². The van der Waals surface area contributed by atoms with Gasteiger partial charge in [-0.1, -0.05) is 23.7 Å². The highest BCUT2D eigenvalue weighted by atomic mass is 35.5. The maximum Gasteiger partial charge on any atom is 0.0622 e. The predicted molar refractivity (Wildman–Crippen MR) is 59.1 cm³/mol. The molecular formula is C10H12ClNOS. The van der Waals surface area contributed by atoms with Gasteiger partial charge in [0.05, 0.1) is 20.7 Å². The first-order chi connectivity index (χ1) is 6.74. The van der Waals surface area contributed by atoms with Crippen LogP contribution in [0.15, 0.2) is 23.1 Å². The van der Waals surface area contributed by atoms with E-state index >= 15 is 0 Å². The SMILES string of the molecule is CNC1CCS(=O)c2c(Cl)cccc21. The number of halogens is 1. The number of fused-ring (bicyclic) bond motifs is 1. The van der Waals surface area contributed by atoms with Crippen LogP contribution in [0, 0.1) is 0 Å². The molecule has 0 radical (unpaired) electrons. The minimum Gasteiger partial charge on any atom is -0.313 e. The van der Waals surface area contributed by atoms with Crippen LogP contribution in [0.4, 0.5) is 0 Å². The molecule has 0 saturated carbocycles. The first-order valence-electron chi connectivity index (χ1n) is 4.58. The van der Waals surface area contributed by atoms with Gasteiger partial charge in [0, 0.05) is 11.8 Å². The van der Waals surface area contributed by atoms with Crippen LogP contribution in [0.1, 0.15) is 18.0 Å². The van der Waals surface area contributed by atoms with Crippen molar-refractivity contribution in [2.45, 2.75) is 17.4 Å². The molecule has 0 saturated heterocycles. The maximum atomic E-state index is 11.8. The number of hydrogen-bond donors (Lipinski definition) is 1. The summed E-state index contributed by atoms with van der Waals surface area (Å²) in [6.45, 7) is 0. The topological polar surface area (TPSA) is 29.1 Å². The van der Waals surface area contributed by atoms with Crippen molar-refractivity contribution in [1.29, 1.82) is 0 Å². The van der Waals surface area contributed by atoms with Crippen molar-refractivity contribution in [3.8, 4) is 0 Å². The van der Waals surface area contributed by atoms with Crippen molar-refractivity contribution in [2.75, 3.05) is 12.8 Å². The Bertz CT molecular complexity index is 380. The third-order valence-electron chi connectivity index (χ3n) is 2.54. The van der Waals surface area contributed by atoms with Gasteiger partial charge in [-0.05, 0) is 25.1 Å². The Hall–Kier alpha value is -0.380. The molecule has 1 aromatic rings. The van der Waals surface area contributed by atoms with E-state index in [-0.39, 0.29) is 0 Å². The van der Waals surface area contributed by atoms with E-state index in [1.54, 1.807) is 6.07 Å². The van der Waals surface area contributed by atoms with Crippen molar-refractivity contribution in [1.82, 2.24) is 5.32 Å². The zero-order chi connectivity index (χ0) is 10.1. The maximum absolute atomic E-state index is 11.8. The average Bonchev–Trinajstić information content (AvgIpc) is 2.18. The minimum atomic E-state index is -0.921. The summed E-state index contributed by atoms with van der Waals surface area (Å²) in [7, 11) is 0.999. The first-order valence-corrected chi connectivity index (χ1v) is 6.27. The standard InChI is InChI=1S/C10H12ClNOS/c1-12-9-5-6-14(13)10-7(9)3-2-4-8(10)11/h2-4,9,12H,5-6H2,1H3. The van der Waals surface area contributed by atoms with E-state index in [4.69, 9.17) is 11.6 Å². The molecule has 0 spiro atoms. The average molecular weight is 230 g/mol. The third-order valence-corrected chi connectivity index (χ3v) is 4.49. The zero-order valence-corrected chi connectivity index (χ0v) is 9.49. The fourth-order valence-corrected chi connectivity index (χ4v) is 3.68. The number of nitrogens with one attached hydrogen (secondary N) is 1. The second-order valence-electron chi connectivity index (χ2n) is 3.34. The van der Waals surface area contributed by atoms with Crippen molar-refractivity contribution in [2.24, 2.45) is 0 Å². The molecule has 0 fully saturated rings. The summed E-state index contributed by atoms with van der Waals surface area (Å²) in [6.07, 6.45) is 0.913. The molecule has 14 heavy (non-hydrogen) atoms. The van der Waals surface area contributed by atoms with Gasteiger partial charge < -0.3 is 5.32 Å². The van der Waals surface area contributed by atoms with E-state index in [9.17, 15) is 4.21 Å².